The number of carbonyl (C=O) groups excluding carboxylic acids is 1. The first kappa shape index (κ1) is 12.7. The second-order valence-corrected chi connectivity index (χ2v) is 4.14. The van der Waals surface area contributed by atoms with E-state index in [0.29, 0.717) is 6.54 Å². The molecule has 0 aliphatic heterocycles. The molecule has 0 aromatic carbocycles. The fourth-order valence-electron chi connectivity index (χ4n) is 1.65. The Morgan fingerprint density at radius 1 is 1.56 bits per heavy atom. The second kappa shape index (κ2) is 5.68. The number of carbonyl (C=O) groups is 1. The molecule has 0 aliphatic rings. The van der Waals surface area contributed by atoms with Crippen LogP contribution in [0.1, 0.15) is 32.9 Å². The predicted octanol–water partition coefficient (Wildman–Crippen LogP) is 1.91. The van der Waals surface area contributed by atoms with Crippen LogP contribution in [0.15, 0.2) is 12.3 Å². The summed E-state index contributed by atoms with van der Waals surface area (Å²) >= 11 is 0. The maximum absolute atomic E-state index is 11.9. The maximum atomic E-state index is 11.9. The van der Waals surface area contributed by atoms with Gasteiger partial charge in [0.05, 0.1) is 12.2 Å². The monoisotopic (exact) mass is 223 g/mol. The second-order valence-electron chi connectivity index (χ2n) is 4.14. The van der Waals surface area contributed by atoms with E-state index in [9.17, 15) is 4.79 Å². The molecule has 1 atom stereocenters. The standard InChI is InChI=1S/C12H21N3O/c1-5-10(3)12(16)14(4)9-11-7-8-13-15(11)6-2/h7-8,10H,5-6,9H2,1-4H3/t10-/m0/s1. The van der Waals surface area contributed by atoms with Crippen LogP contribution in [0.3, 0.4) is 0 Å². The van der Waals surface area contributed by atoms with E-state index in [4.69, 9.17) is 0 Å². The zero-order valence-electron chi connectivity index (χ0n) is 10.6. The Bertz CT molecular complexity index is 346. The summed E-state index contributed by atoms with van der Waals surface area (Å²) in [5.41, 5.74) is 1.08. The molecule has 16 heavy (non-hydrogen) atoms. The third kappa shape index (κ3) is 2.84. The van der Waals surface area contributed by atoms with E-state index >= 15 is 0 Å². The van der Waals surface area contributed by atoms with Gasteiger partial charge in [0.25, 0.3) is 0 Å². The maximum Gasteiger partial charge on any atom is 0.225 e. The highest BCUT2D eigenvalue weighted by atomic mass is 16.2. The molecule has 1 heterocycles. The smallest absolute Gasteiger partial charge is 0.225 e. The molecule has 1 aromatic heterocycles. The first-order valence-electron chi connectivity index (χ1n) is 5.85. The van der Waals surface area contributed by atoms with Crippen LogP contribution in [0.5, 0.6) is 0 Å². The lowest BCUT2D eigenvalue weighted by atomic mass is 10.1. The van der Waals surface area contributed by atoms with Gasteiger partial charge in [0.1, 0.15) is 0 Å². The van der Waals surface area contributed by atoms with Crippen molar-refractivity contribution in [3.8, 4) is 0 Å². The lowest BCUT2D eigenvalue weighted by Crippen LogP contribution is -2.31. The van der Waals surface area contributed by atoms with Crippen molar-refractivity contribution in [2.45, 2.75) is 40.3 Å². The molecule has 0 radical (unpaired) electrons. The van der Waals surface area contributed by atoms with Crippen molar-refractivity contribution < 1.29 is 4.79 Å². The number of hydrogen-bond acceptors (Lipinski definition) is 2. The fraction of sp³-hybridized carbons (Fsp3) is 0.667. The van der Waals surface area contributed by atoms with Crippen LogP contribution in [-0.4, -0.2) is 27.6 Å². The topological polar surface area (TPSA) is 38.1 Å². The van der Waals surface area contributed by atoms with Crippen molar-refractivity contribution in [2.24, 2.45) is 5.92 Å². The summed E-state index contributed by atoms with van der Waals surface area (Å²) in [6, 6.07) is 1.96. The summed E-state index contributed by atoms with van der Waals surface area (Å²) in [5, 5.41) is 4.19. The molecule has 0 unspecified atom stereocenters. The van der Waals surface area contributed by atoms with Gasteiger partial charge in [-0.2, -0.15) is 5.10 Å². The molecule has 4 heteroatoms. The third-order valence-corrected chi connectivity index (χ3v) is 2.91. The van der Waals surface area contributed by atoms with Gasteiger partial charge in [-0.25, -0.2) is 0 Å². The fourth-order valence-corrected chi connectivity index (χ4v) is 1.65. The summed E-state index contributed by atoms with van der Waals surface area (Å²) in [4.78, 5) is 13.7. The largest absolute Gasteiger partial charge is 0.340 e. The first-order valence-corrected chi connectivity index (χ1v) is 5.85. The molecule has 0 saturated carbocycles. The average molecular weight is 223 g/mol. The highest BCUT2D eigenvalue weighted by Gasteiger charge is 2.16. The molecule has 0 saturated heterocycles. The third-order valence-electron chi connectivity index (χ3n) is 2.91. The van der Waals surface area contributed by atoms with Crippen molar-refractivity contribution in [1.82, 2.24) is 14.7 Å². The minimum absolute atomic E-state index is 0.1000. The van der Waals surface area contributed by atoms with Crippen molar-refractivity contribution in [3.63, 3.8) is 0 Å². The van der Waals surface area contributed by atoms with Gasteiger partial charge in [-0.3, -0.25) is 9.48 Å². The molecule has 0 N–H and O–H groups in total. The van der Waals surface area contributed by atoms with Crippen LogP contribution in [-0.2, 0) is 17.9 Å². The summed E-state index contributed by atoms with van der Waals surface area (Å²) in [7, 11) is 1.85. The lowest BCUT2D eigenvalue weighted by molar-refractivity contribution is -0.134. The molecule has 1 rings (SSSR count). The van der Waals surface area contributed by atoms with Gasteiger partial charge in [-0.05, 0) is 19.4 Å². The minimum Gasteiger partial charge on any atom is -0.340 e. The highest BCUT2D eigenvalue weighted by molar-refractivity contribution is 5.78. The van der Waals surface area contributed by atoms with Crippen LogP contribution in [0.4, 0.5) is 0 Å². The van der Waals surface area contributed by atoms with E-state index in [1.54, 1.807) is 11.1 Å². The van der Waals surface area contributed by atoms with Crippen LogP contribution >= 0.6 is 0 Å². The molecule has 0 aliphatic carbocycles. The van der Waals surface area contributed by atoms with Crippen molar-refractivity contribution in [1.29, 1.82) is 0 Å². The van der Waals surface area contributed by atoms with Gasteiger partial charge in [0.2, 0.25) is 5.91 Å². The van der Waals surface area contributed by atoms with E-state index in [0.717, 1.165) is 18.7 Å². The molecule has 0 spiro atoms. The van der Waals surface area contributed by atoms with Crippen molar-refractivity contribution >= 4 is 5.91 Å². The van der Waals surface area contributed by atoms with Gasteiger partial charge >= 0.3 is 0 Å². The van der Waals surface area contributed by atoms with E-state index in [2.05, 4.69) is 5.10 Å². The normalized spacial score (nSPS) is 12.5. The number of amides is 1. The van der Waals surface area contributed by atoms with E-state index < -0.39 is 0 Å². The zero-order valence-corrected chi connectivity index (χ0v) is 10.6. The van der Waals surface area contributed by atoms with Gasteiger partial charge in [0.15, 0.2) is 0 Å². The summed E-state index contributed by atoms with van der Waals surface area (Å²) in [6.07, 6.45) is 2.66. The van der Waals surface area contributed by atoms with E-state index in [1.807, 2.05) is 38.6 Å². The van der Waals surface area contributed by atoms with Gasteiger partial charge in [-0.15, -0.1) is 0 Å². The average Bonchev–Trinajstić information content (AvgIpc) is 2.74. The van der Waals surface area contributed by atoms with Crippen molar-refractivity contribution in [3.05, 3.63) is 18.0 Å². The van der Waals surface area contributed by atoms with E-state index in [-0.39, 0.29) is 11.8 Å². The van der Waals surface area contributed by atoms with Crippen molar-refractivity contribution in [2.75, 3.05) is 7.05 Å². The number of aromatic nitrogens is 2. The minimum atomic E-state index is 0.1000. The van der Waals surface area contributed by atoms with E-state index in [1.165, 1.54) is 0 Å². The Morgan fingerprint density at radius 3 is 2.81 bits per heavy atom. The predicted molar refractivity (Wildman–Crippen MR) is 63.8 cm³/mol. The first-order chi connectivity index (χ1) is 7.60. The molecular formula is C12H21N3O. The quantitative estimate of drug-likeness (QED) is 0.764. The van der Waals surface area contributed by atoms with Gasteiger partial charge < -0.3 is 4.90 Å². The number of hydrogen-bond donors (Lipinski definition) is 0. The Hall–Kier alpha value is -1.32. The van der Waals surface area contributed by atoms with Crippen LogP contribution < -0.4 is 0 Å². The Labute approximate surface area is 97.2 Å². The Balaban J connectivity index is 2.64. The lowest BCUT2D eigenvalue weighted by Gasteiger charge is -2.20. The molecule has 0 fully saturated rings. The van der Waals surface area contributed by atoms with Crippen LogP contribution in [0.2, 0.25) is 0 Å². The Morgan fingerprint density at radius 2 is 2.25 bits per heavy atom. The SMILES string of the molecule is CC[C@H](C)C(=O)N(C)Cc1ccnn1CC. The van der Waals surface area contributed by atoms with Gasteiger partial charge in [-0.1, -0.05) is 13.8 Å². The number of aryl methyl sites for hydroxylation is 1. The number of nitrogens with zero attached hydrogens (tertiary/aromatic N) is 3. The molecule has 1 amide bonds. The van der Waals surface area contributed by atoms with Gasteiger partial charge in [0, 0.05) is 25.7 Å². The Kier molecular flexibility index (Phi) is 4.52. The highest BCUT2D eigenvalue weighted by Crippen LogP contribution is 2.09. The van der Waals surface area contributed by atoms with Crippen LogP contribution in [0, 0.1) is 5.92 Å². The summed E-state index contributed by atoms with van der Waals surface area (Å²) in [5.74, 6) is 0.300. The molecule has 0 bridgehead atoms. The summed E-state index contributed by atoms with van der Waals surface area (Å²) < 4.78 is 1.92. The summed E-state index contributed by atoms with van der Waals surface area (Å²) in [6.45, 7) is 7.53. The molecule has 90 valence electrons. The molecule has 4 nitrogen and oxygen atoms in total. The molecular weight excluding hydrogens is 202 g/mol. The number of rotatable bonds is 5. The molecule has 1 aromatic rings. The van der Waals surface area contributed by atoms with Crippen LogP contribution in [0.25, 0.3) is 0 Å². The zero-order chi connectivity index (χ0) is 12.1.